The predicted octanol–water partition coefficient (Wildman–Crippen LogP) is 2.54. The summed E-state index contributed by atoms with van der Waals surface area (Å²) in [6.45, 7) is 0.0428. The molecule has 1 N–H and O–H groups in total. The average Bonchev–Trinajstić information content (AvgIpc) is 2.81. The van der Waals surface area contributed by atoms with E-state index < -0.39 is 6.03 Å². The van der Waals surface area contributed by atoms with E-state index >= 15 is 0 Å². The van der Waals surface area contributed by atoms with Gasteiger partial charge in [-0.15, -0.1) is 0 Å². The zero-order valence-electron chi connectivity index (χ0n) is 10.6. The number of rotatable bonds is 3. The molecule has 0 aromatic heterocycles. The minimum absolute atomic E-state index is 0.0428. The zero-order chi connectivity index (χ0) is 13.9. The Labute approximate surface area is 115 Å². The van der Waals surface area contributed by atoms with Crippen molar-refractivity contribution in [2.24, 2.45) is 0 Å². The number of benzene rings is 2. The van der Waals surface area contributed by atoms with Crippen molar-refractivity contribution < 1.29 is 14.3 Å². The van der Waals surface area contributed by atoms with Gasteiger partial charge in [-0.25, -0.2) is 9.69 Å². The van der Waals surface area contributed by atoms with Crippen molar-refractivity contribution >= 4 is 17.6 Å². The maximum Gasteiger partial charge on any atom is 0.329 e. The molecule has 5 nitrogen and oxygen atoms in total. The van der Waals surface area contributed by atoms with E-state index in [1.54, 1.807) is 24.3 Å². The molecule has 20 heavy (non-hydrogen) atoms. The van der Waals surface area contributed by atoms with Crippen molar-refractivity contribution in [2.45, 2.75) is 0 Å². The van der Waals surface area contributed by atoms with Gasteiger partial charge >= 0.3 is 6.03 Å². The second-order valence-corrected chi connectivity index (χ2v) is 4.30. The van der Waals surface area contributed by atoms with Gasteiger partial charge < -0.3 is 10.1 Å². The number of imide groups is 1. The van der Waals surface area contributed by atoms with Gasteiger partial charge in [-0.3, -0.25) is 4.79 Å². The van der Waals surface area contributed by atoms with Crippen LogP contribution in [0.15, 0.2) is 54.6 Å². The molecule has 2 aromatic carbocycles. The molecule has 5 heteroatoms. The largest absolute Gasteiger partial charge is 0.457 e. The third-order valence-electron chi connectivity index (χ3n) is 2.92. The van der Waals surface area contributed by atoms with Gasteiger partial charge in [0, 0.05) is 0 Å². The number of urea groups is 1. The molecule has 0 bridgehead atoms. The van der Waals surface area contributed by atoms with Gasteiger partial charge in [-0.05, 0) is 36.4 Å². The Hall–Kier alpha value is -2.82. The first kappa shape index (κ1) is 12.2. The van der Waals surface area contributed by atoms with Crippen molar-refractivity contribution in [3.05, 3.63) is 54.6 Å². The Morgan fingerprint density at radius 3 is 2.15 bits per heavy atom. The molecule has 0 unspecified atom stereocenters. The van der Waals surface area contributed by atoms with Crippen LogP contribution in [0.1, 0.15) is 0 Å². The fraction of sp³-hybridized carbons (Fsp3) is 0.0667. The molecular formula is C15H12N2O3. The predicted molar refractivity (Wildman–Crippen MR) is 73.8 cm³/mol. The number of para-hydroxylation sites is 1. The van der Waals surface area contributed by atoms with Crippen molar-refractivity contribution in [1.82, 2.24) is 5.32 Å². The summed E-state index contributed by atoms with van der Waals surface area (Å²) in [4.78, 5) is 24.2. The second-order valence-electron chi connectivity index (χ2n) is 4.30. The van der Waals surface area contributed by atoms with Crippen LogP contribution in [-0.4, -0.2) is 18.5 Å². The summed E-state index contributed by atoms with van der Waals surface area (Å²) >= 11 is 0. The molecule has 1 saturated heterocycles. The van der Waals surface area contributed by atoms with Gasteiger partial charge in [0.25, 0.3) is 5.91 Å². The lowest BCUT2D eigenvalue weighted by atomic mass is 10.2. The van der Waals surface area contributed by atoms with Gasteiger partial charge in [0.05, 0.1) is 12.2 Å². The summed E-state index contributed by atoms with van der Waals surface area (Å²) in [6.07, 6.45) is 0. The lowest BCUT2D eigenvalue weighted by Gasteiger charge is -2.13. The van der Waals surface area contributed by atoms with E-state index in [1.807, 2.05) is 30.3 Å². The number of ether oxygens (including phenoxy) is 1. The number of anilines is 1. The van der Waals surface area contributed by atoms with Crippen LogP contribution in [-0.2, 0) is 4.79 Å². The fourth-order valence-electron chi connectivity index (χ4n) is 1.97. The Kier molecular flexibility index (Phi) is 3.09. The molecule has 0 aliphatic carbocycles. The summed E-state index contributed by atoms with van der Waals surface area (Å²) < 4.78 is 5.65. The van der Waals surface area contributed by atoms with Crippen LogP contribution in [0.2, 0.25) is 0 Å². The van der Waals surface area contributed by atoms with Crippen LogP contribution in [0.5, 0.6) is 11.5 Å². The summed E-state index contributed by atoms with van der Waals surface area (Å²) in [5.74, 6) is 1.12. The quantitative estimate of drug-likeness (QED) is 0.870. The minimum atomic E-state index is -0.397. The van der Waals surface area contributed by atoms with Crippen molar-refractivity contribution in [1.29, 1.82) is 0 Å². The maximum absolute atomic E-state index is 11.6. The van der Waals surface area contributed by atoms with Gasteiger partial charge in [0.1, 0.15) is 11.5 Å². The van der Waals surface area contributed by atoms with Crippen molar-refractivity contribution in [3.8, 4) is 11.5 Å². The van der Waals surface area contributed by atoms with E-state index in [2.05, 4.69) is 5.32 Å². The molecule has 1 fully saturated rings. The molecule has 1 aliphatic heterocycles. The summed E-state index contributed by atoms with van der Waals surface area (Å²) in [5.41, 5.74) is 0.533. The topological polar surface area (TPSA) is 58.6 Å². The van der Waals surface area contributed by atoms with E-state index in [0.29, 0.717) is 11.4 Å². The standard InChI is InChI=1S/C15H12N2O3/c18-14-10-16-15(19)17(14)11-6-8-13(9-7-11)20-12-4-2-1-3-5-12/h1-9H,10H2,(H,16,19). The number of nitrogens with one attached hydrogen (secondary N) is 1. The minimum Gasteiger partial charge on any atom is -0.457 e. The number of nitrogens with zero attached hydrogens (tertiary/aromatic N) is 1. The lowest BCUT2D eigenvalue weighted by Crippen LogP contribution is -2.30. The molecule has 0 saturated carbocycles. The van der Waals surface area contributed by atoms with Crippen molar-refractivity contribution in [3.63, 3.8) is 0 Å². The first-order valence-electron chi connectivity index (χ1n) is 6.18. The number of hydrogen-bond acceptors (Lipinski definition) is 3. The number of carbonyl (C=O) groups is 2. The van der Waals surface area contributed by atoms with Gasteiger partial charge in [-0.2, -0.15) is 0 Å². The van der Waals surface area contributed by atoms with Crippen LogP contribution in [0.3, 0.4) is 0 Å². The van der Waals surface area contributed by atoms with E-state index in [-0.39, 0.29) is 12.5 Å². The van der Waals surface area contributed by atoms with E-state index in [0.717, 1.165) is 10.6 Å². The van der Waals surface area contributed by atoms with E-state index in [4.69, 9.17) is 4.74 Å². The molecule has 0 atom stereocenters. The van der Waals surface area contributed by atoms with Crippen LogP contribution in [0.4, 0.5) is 10.5 Å². The number of hydrogen-bond donors (Lipinski definition) is 1. The molecular weight excluding hydrogens is 256 g/mol. The van der Waals surface area contributed by atoms with E-state index in [1.165, 1.54) is 0 Å². The highest BCUT2D eigenvalue weighted by molar-refractivity contribution is 6.19. The highest BCUT2D eigenvalue weighted by Crippen LogP contribution is 2.25. The van der Waals surface area contributed by atoms with Crippen LogP contribution in [0.25, 0.3) is 0 Å². The summed E-state index contributed by atoms with van der Waals surface area (Å²) in [5, 5.41) is 2.48. The smallest absolute Gasteiger partial charge is 0.329 e. The number of carbonyl (C=O) groups excluding carboxylic acids is 2. The lowest BCUT2D eigenvalue weighted by molar-refractivity contribution is -0.115. The summed E-state index contributed by atoms with van der Waals surface area (Å²) in [6, 6.07) is 15.8. The van der Waals surface area contributed by atoms with E-state index in [9.17, 15) is 9.59 Å². The Morgan fingerprint density at radius 1 is 0.900 bits per heavy atom. The zero-order valence-corrected chi connectivity index (χ0v) is 10.6. The van der Waals surface area contributed by atoms with Crippen LogP contribution in [0, 0.1) is 0 Å². The molecule has 100 valence electrons. The van der Waals surface area contributed by atoms with Crippen LogP contribution >= 0.6 is 0 Å². The summed E-state index contributed by atoms with van der Waals surface area (Å²) in [7, 11) is 0. The first-order valence-corrected chi connectivity index (χ1v) is 6.18. The van der Waals surface area contributed by atoms with Gasteiger partial charge in [0.2, 0.25) is 0 Å². The SMILES string of the molecule is O=C1CNC(=O)N1c1ccc(Oc2ccccc2)cc1. The highest BCUT2D eigenvalue weighted by atomic mass is 16.5. The Bertz CT molecular complexity index is 622. The first-order chi connectivity index (χ1) is 9.74. The number of amides is 3. The Morgan fingerprint density at radius 2 is 1.55 bits per heavy atom. The Balaban J connectivity index is 1.78. The fourth-order valence-corrected chi connectivity index (χ4v) is 1.97. The molecule has 1 heterocycles. The van der Waals surface area contributed by atoms with Gasteiger partial charge in [0.15, 0.2) is 0 Å². The molecule has 3 rings (SSSR count). The third-order valence-corrected chi connectivity index (χ3v) is 2.92. The molecule has 0 radical (unpaired) electrons. The molecule has 1 aliphatic rings. The molecule has 3 amide bonds. The molecule has 0 spiro atoms. The average molecular weight is 268 g/mol. The maximum atomic E-state index is 11.6. The van der Waals surface area contributed by atoms with Crippen molar-refractivity contribution in [2.75, 3.05) is 11.4 Å². The highest BCUT2D eigenvalue weighted by Gasteiger charge is 2.29. The van der Waals surface area contributed by atoms with Crippen LogP contribution < -0.4 is 15.0 Å². The monoisotopic (exact) mass is 268 g/mol. The molecule has 2 aromatic rings. The second kappa shape index (κ2) is 5.05. The van der Waals surface area contributed by atoms with Gasteiger partial charge in [-0.1, -0.05) is 18.2 Å². The third kappa shape index (κ3) is 2.33. The normalized spacial score (nSPS) is 14.3.